The number of nitrogens with zero attached hydrogens (tertiary/aromatic N) is 3. The number of rotatable bonds is 6. The fourth-order valence-electron chi connectivity index (χ4n) is 5.06. The van der Waals surface area contributed by atoms with Gasteiger partial charge in [-0.3, -0.25) is 14.5 Å². The molecule has 0 radical (unpaired) electrons. The van der Waals surface area contributed by atoms with Crippen LogP contribution in [0.25, 0.3) is 0 Å². The smallest absolute Gasteiger partial charge is 0.270 e. The molecule has 2 aromatic heterocycles. The van der Waals surface area contributed by atoms with Crippen LogP contribution in [0.5, 0.6) is 0 Å². The summed E-state index contributed by atoms with van der Waals surface area (Å²) in [6.45, 7) is 8.87. The fourth-order valence-corrected chi connectivity index (χ4v) is 5.06. The number of hydrogen-bond acceptors (Lipinski definition) is 5. The number of aryl methyl sites for hydroxylation is 1. The van der Waals surface area contributed by atoms with Crippen molar-refractivity contribution in [3.05, 3.63) is 57.5 Å². The Balaban J connectivity index is 1.33. The summed E-state index contributed by atoms with van der Waals surface area (Å²) in [6, 6.07) is 7.74. The maximum Gasteiger partial charge on any atom is 0.270 e. The van der Waals surface area contributed by atoms with E-state index in [-0.39, 0.29) is 23.2 Å². The number of carbonyl (C=O) groups is 1. The van der Waals surface area contributed by atoms with E-state index >= 15 is 0 Å². The van der Waals surface area contributed by atoms with E-state index in [1.807, 2.05) is 31.7 Å². The van der Waals surface area contributed by atoms with Crippen LogP contribution in [0.2, 0.25) is 0 Å². The summed E-state index contributed by atoms with van der Waals surface area (Å²) in [5.41, 5.74) is 2.47. The monoisotopic (exact) mass is 455 g/mol. The predicted molar refractivity (Wildman–Crippen MR) is 127 cm³/mol. The number of amides is 1. The number of H-pyrrole nitrogens is 1. The lowest BCUT2D eigenvalue weighted by Gasteiger charge is -2.39. The minimum atomic E-state index is -0.597. The largest absolute Gasteiger partial charge is 0.365 e. The van der Waals surface area contributed by atoms with Gasteiger partial charge in [-0.25, -0.2) is 4.98 Å². The molecule has 1 aliphatic carbocycles. The van der Waals surface area contributed by atoms with Crippen LogP contribution in [-0.2, 0) is 6.42 Å². The van der Waals surface area contributed by atoms with Crippen LogP contribution in [0.4, 0.5) is 10.1 Å². The minimum absolute atomic E-state index is 0.0266. The molecule has 2 aromatic rings. The Kier molecular flexibility index (Phi) is 7.12. The molecular weight excluding hydrogens is 421 g/mol. The molecule has 1 saturated carbocycles. The summed E-state index contributed by atoms with van der Waals surface area (Å²) < 4.78 is 14.7. The maximum atomic E-state index is 14.7. The zero-order chi connectivity index (χ0) is 23.5. The van der Waals surface area contributed by atoms with Gasteiger partial charge in [-0.15, -0.1) is 0 Å². The SMILES string of the molecule is CCc1ccc([C@@H]2CC[C@@H](N3CCN(c4ccc(C(=O)NC(C)C)nc4F)CC3)C2)[nH]c1=O. The molecule has 0 unspecified atom stereocenters. The van der Waals surface area contributed by atoms with Crippen LogP contribution in [0.15, 0.2) is 29.1 Å². The molecule has 33 heavy (non-hydrogen) atoms. The number of hydrogen-bond donors (Lipinski definition) is 2. The highest BCUT2D eigenvalue weighted by Crippen LogP contribution is 2.36. The van der Waals surface area contributed by atoms with Crippen molar-refractivity contribution in [2.24, 2.45) is 0 Å². The van der Waals surface area contributed by atoms with Gasteiger partial charge in [0.25, 0.3) is 11.5 Å². The first-order valence-electron chi connectivity index (χ1n) is 12.0. The van der Waals surface area contributed by atoms with Gasteiger partial charge in [0.15, 0.2) is 0 Å². The Morgan fingerprint density at radius 2 is 1.94 bits per heavy atom. The first-order chi connectivity index (χ1) is 15.9. The van der Waals surface area contributed by atoms with E-state index in [0.29, 0.717) is 17.6 Å². The number of halogens is 1. The predicted octanol–water partition coefficient (Wildman–Crippen LogP) is 3.07. The van der Waals surface area contributed by atoms with Gasteiger partial charge in [0.2, 0.25) is 5.95 Å². The molecule has 2 aliphatic rings. The molecule has 3 heterocycles. The van der Waals surface area contributed by atoms with Crippen LogP contribution in [0.3, 0.4) is 0 Å². The maximum absolute atomic E-state index is 14.7. The van der Waals surface area contributed by atoms with Crippen molar-refractivity contribution >= 4 is 11.6 Å². The lowest BCUT2D eigenvalue weighted by Crippen LogP contribution is -2.50. The molecule has 178 valence electrons. The van der Waals surface area contributed by atoms with Gasteiger partial charge in [0.05, 0.1) is 5.69 Å². The first-order valence-corrected chi connectivity index (χ1v) is 12.0. The molecule has 0 spiro atoms. The summed E-state index contributed by atoms with van der Waals surface area (Å²) in [6.07, 6.45) is 3.97. The third-order valence-corrected chi connectivity index (χ3v) is 6.89. The Bertz CT molecular complexity index is 1050. The Hall–Kier alpha value is -2.74. The zero-order valence-corrected chi connectivity index (χ0v) is 19.7. The molecule has 8 heteroatoms. The lowest BCUT2D eigenvalue weighted by atomic mass is 10.0. The van der Waals surface area contributed by atoms with Gasteiger partial charge in [-0.05, 0) is 57.7 Å². The van der Waals surface area contributed by atoms with Crippen LogP contribution in [0, 0.1) is 5.95 Å². The number of aromatic nitrogens is 2. The molecule has 7 nitrogen and oxygen atoms in total. The average Bonchev–Trinajstić information content (AvgIpc) is 3.29. The standard InChI is InChI=1S/C25H34FN5O2/c1-4-17-6-8-20(29-24(17)32)18-5-7-19(15-18)30-11-13-31(14-12-30)22-10-9-21(28-23(22)26)25(33)27-16(2)3/h6,8-10,16,18-19H,4-5,7,11-15H2,1-3H3,(H,27,33)(H,29,32)/t18-,19-/m1/s1. The van der Waals surface area contributed by atoms with Crippen molar-refractivity contribution in [2.45, 2.75) is 64.5 Å². The van der Waals surface area contributed by atoms with Gasteiger partial charge >= 0.3 is 0 Å². The summed E-state index contributed by atoms with van der Waals surface area (Å²) >= 11 is 0. The van der Waals surface area contributed by atoms with Crippen molar-refractivity contribution in [1.29, 1.82) is 0 Å². The van der Waals surface area contributed by atoms with Gasteiger partial charge in [0.1, 0.15) is 5.69 Å². The van der Waals surface area contributed by atoms with E-state index in [4.69, 9.17) is 0 Å². The van der Waals surface area contributed by atoms with E-state index in [2.05, 4.69) is 26.3 Å². The minimum Gasteiger partial charge on any atom is -0.365 e. The second kappa shape index (κ2) is 10.0. The van der Waals surface area contributed by atoms with Crippen LogP contribution in [-0.4, -0.2) is 59.0 Å². The Morgan fingerprint density at radius 1 is 1.18 bits per heavy atom. The van der Waals surface area contributed by atoms with E-state index in [0.717, 1.165) is 63.1 Å². The molecule has 1 amide bonds. The lowest BCUT2D eigenvalue weighted by molar-refractivity contribution is 0.0937. The first kappa shape index (κ1) is 23.4. The third-order valence-electron chi connectivity index (χ3n) is 6.89. The van der Waals surface area contributed by atoms with Gasteiger partial charge in [-0.2, -0.15) is 4.39 Å². The molecule has 2 N–H and O–H groups in total. The molecule has 1 aliphatic heterocycles. The molecular formula is C25H34FN5O2. The average molecular weight is 456 g/mol. The normalized spacial score (nSPS) is 21.5. The molecule has 2 atom stereocenters. The zero-order valence-electron chi connectivity index (χ0n) is 19.7. The van der Waals surface area contributed by atoms with Crippen molar-refractivity contribution in [3.8, 4) is 0 Å². The van der Waals surface area contributed by atoms with E-state index < -0.39 is 5.95 Å². The highest BCUT2D eigenvalue weighted by Gasteiger charge is 2.33. The number of piperazine rings is 1. The fraction of sp³-hybridized carbons (Fsp3) is 0.560. The second-order valence-corrected chi connectivity index (χ2v) is 9.44. The topological polar surface area (TPSA) is 81.3 Å². The summed E-state index contributed by atoms with van der Waals surface area (Å²) in [7, 11) is 0. The third kappa shape index (κ3) is 5.27. The number of anilines is 1. The van der Waals surface area contributed by atoms with Crippen molar-refractivity contribution < 1.29 is 9.18 Å². The van der Waals surface area contributed by atoms with E-state index in [1.54, 1.807) is 12.1 Å². The quantitative estimate of drug-likeness (QED) is 0.655. The summed E-state index contributed by atoms with van der Waals surface area (Å²) in [4.78, 5) is 35.8. The van der Waals surface area contributed by atoms with Crippen molar-refractivity contribution in [2.75, 3.05) is 31.1 Å². The Labute approximate surface area is 194 Å². The highest BCUT2D eigenvalue weighted by molar-refractivity contribution is 5.92. The summed E-state index contributed by atoms with van der Waals surface area (Å²) in [5.74, 6) is -0.570. The molecule has 0 aromatic carbocycles. The number of carbonyl (C=O) groups excluding carboxylic acids is 1. The van der Waals surface area contributed by atoms with Crippen LogP contribution in [0.1, 0.15) is 67.7 Å². The van der Waals surface area contributed by atoms with E-state index in [1.165, 1.54) is 0 Å². The van der Waals surface area contributed by atoms with Gasteiger partial charge in [0, 0.05) is 55.4 Å². The summed E-state index contributed by atoms with van der Waals surface area (Å²) in [5, 5.41) is 2.74. The number of nitrogens with one attached hydrogen (secondary N) is 2. The van der Waals surface area contributed by atoms with Crippen molar-refractivity contribution in [1.82, 2.24) is 20.2 Å². The van der Waals surface area contributed by atoms with Gasteiger partial charge in [-0.1, -0.05) is 13.0 Å². The molecule has 0 bridgehead atoms. The van der Waals surface area contributed by atoms with E-state index in [9.17, 15) is 14.0 Å². The second-order valence-electron chi connectivity index (χ2n) is 9.44. The Morgan fingerprint density at radius 3 is 2.58 bits per heavy atom. The van der Waals surface area contributed by atoms with Crippen molar-refractivity contribution in [3.63, 3.8) is 0 Å². The molecule has 1 saturated heterocycles. The van der Waals surface area contributed by atoms with Crippen LogP contribution >= 0.6 is 0 Å². The molecule has 2 fully saturated rings. The van der Waals surface area contributed by atoms with Gasteiger partial charge < -0.3 is 15.2 Å². The number of aromatic amines is 1. The molecule has 4 rings (SSSR count). The highest BCUT2D eigenvalue weighted by atomic mass is 19.1. The number of pyridine rings is 2. The van der Waals surface area contributed by atoms with Crippen LogP contribution < -0.4 is 15.8 Å².